The predicted octanol–water partition coefficient (Wildman–Crippen LogP) is 4.61. The Morgan fingerprint density at radius 1 is 0.724 bits per heavy atom. The maximum Gasteiger partial charge on any atom is 0.409 e. The molecule has 0 fully saturated rings. The van der Waals surface area contributed by atoms with Crippen molar-refractivity contribution in [3.8, 4) is 0 Å². The van der Waals surface area contributed by atoms with Gasteiger partial charge in [0.05, 0.1) is 6.61 Å². The molecule has 0 saturated heterocycles. The Bertz CT molecular complexity index is 837. The Kier molecular flexibility index (Phi) is 6.71. The maximum atomic E-state index is 12.2. The molecule has 0 aromatic heterocycles. The van der Waals surface area contributed by atoms with Crippen molar-refractivity contribution in [2.45, 2.75) is 27.7 Å². The lowest BCUT2D eigenvalue weighted by Gasteiger charge is -2.28. The molecule has 0 aliphatic rings. The standard InChI is InChI=1S/C25H28NO2P/c1-5-28-25(27)26-18-29(22-12-6-19(2)7-13-22,23-14-8-20(3)9-15-23)24-16-10-21(4)11-17-24/h6-17H,5,18H2,1-4H3/p+1. The van der Waals surface area contributed by atoms with Crippen molar-refractivity contribution in [3.05, 3.63) is 89.5 Å². The van der Waals surface area contributed by atoms with Crippen LogP contribution in [-0.4, -0.2) is 19.0 Å². The van der Waals surface area contributed by atoms with Crippen LogP contribution >= 0.6 is 7.26 Å². The number of hydrogen-bond donors (Lipinski definition) is 1. The summed E-state index contributed by atoms with van der Waals surface area (Å²) < 4.78 is 5.17. The van der Waals surface area contributed by atoms with Crippen molar-refractivity contribution in [2.24, 2.45) is 0 Å². The normalized spacial score (nSPS) is 11.2. The van der Waals surface area contributed by atoms with Crippen LogP contribution in [0.15, 0.2) is 72.8 Å². The molecule has 1 amide bonds. The summed E-state index contributed by atoms with van der Waals surface area (Å²) in [5.74, 6) is 0. The Morgan fingerprint density at radius 2 is 1.07 bits per heavy atom. The highest BCUT2D eigenvalue weighted by molar-refractivity contribution is 7.95. The van der Waals surface area contributed by atoms with E-state index < -0.39 is 7.26 Å². The monoisotopic (exact) mass is 406 g/mol. The van der Waals surface area contributed by atoms with Crippen molar-refractivity contribution < 1.29 is 9.53 Å². The van der Waals surface area contributed by atoms with Gasteiger partial charge in [-0.25, -0.2) is 4.79 Å². The lowest BCUT2D eigenvalue weighted by atomic mass is 10.2. The van der Waals surface area contributed by atoms with E-state index in [0.717, 1.165) is 0 Å². The molecule has 0 heterocycles. The molecule has 3 rings (SSSR count). The third-order valence-electron chi connectivity index (χ3n) is 5.16. The van der Waals surface area contributed by atoms with E-state index in [1.165, 1.54) is 32.6 Å². The highest BCUT2D eigenvalue weighted by Crippen LogP contribution is 2.54. The minimum atomic E-state index is -2.10. The Balaban J connectivity index is 2.21. The van der Waals surface area contributed by atoms with E-state index >= 15 is 0 Å². The fraction of sp³-hybridized carbons (Fsp3) is 0.240. The molecule has 3 aromatic rings. The number of nitrogens with one attached hydrogen (secondary N) is 1. The van der Waals surface area contributed by atoms with Crippen LogP contribution in [-0.2, 0) is 4.74 Å². The lowest BCUT2D eigenvalue weighted by molar-refractivity contribution is 0.154. The third-order valence-corrected chi connectivity index (χ3v) is 9.33. The van der Waals surface area contributed by atoms with Gasteiger partial charge >= 0.3 is 6.09 Å². The zero-order chi connectivity index (χ0) is 20.9. The third kappa shape index (κ3) is 4.68. The zero-order valence-corrected chi connectivity index (χ0v) is 18.5. The van der Waals surface area contributed by atoms with Crippen molar-refractivity contribution in [1.29, 1.82) is 0 Å². The number of benzene rings is 3. The first-order chi connectivity index (χ1) is 14.0. The Labute approximate surface area is 174 Å². The summed E-state index contributed by atoms with van der Waals surface area (Å²) in [7, 11) is -2.10. The highest BCUT2D eigenvalue weighted by Gasteiger charge is 2.46. The summed E-state index contributed by atoms with van der Waals surface area (Å²) in [6.45, 7) is 8.47. The van der Waals surface area contributed by atoms with Gasteiger partial charge in [0.15, 0.2) is 0 Å². The molecular formula is C25H29NO2P+. The van der Waals surface area contributed by atoms with Gasteiger partial charge < -0.3 is 4.74 Å². The number of amides is 1. The minimum absolute atomic E-state index is 0.358. The van der Waals surface area contributed by atoms with Gasteiger partial charge in [-0.15, -0.1) is 0 Å². The molecule has 0 spiro atoms. The SMILES string of the molecule is CCOC(=O)NC[P+](c1ccc(C)cc1)(c1ccc(C)cc1)c1ccc(C)cc1. The van der Waals surface area contributed by atoms with Crippen LogP contribution < -0.4 is 21.2 Å². The average molecular weight is 406 g/mol. The Hall–Kier alpha value is -2.64. The summed E-state index contributed by atoms with van der Waals surface area (Å²) in [5, 5.41) is 6.78. The van der Waals surface area contributed by atoms with Gasteiger partial charge in [-0.1, -0.05) is 53.1 Å². The van der Waals surface area contributed by atoms with Gasteiger partial charge in [0, 0.05) is 0 Å². The van der Waals surface area contributed by atoms with Crippen LogP contribution in [0.1, 0.15) is 23.6 Å². The number of ether oxygens (including phenoxy) is 1. The quantitative estimate of drug-likeness (QED) is 0.607. The molecule has 150 valence electrons. The van der Waals surface area contributed by atoms with Crippen molar-refractivity contribution in [2.75, 3.05) is 12.9 Å². The van der Waals surface area contributed by atoms with E-state index in [9.17, 15) is 4.79 Å². The van der Waals surface area contributed by atoms with Gasteiger partial charge in [-0.3, -0.25) is 5.32 Å². The molecule has 0 aliphatic carbocycles. The minimum Gasteiger partial charge on any atom is -0.450 e. The van der Waals surface area contributed by atoms with E-state index in [0.29, 0.717) is 12.9 Å². The first-order valence-corrected chi connectivity index (χ1v) is 11.9. The molecule has 1 N–H and O–H groups in total. The molecule has 3 aromatic carbocycles. The molecule has 0 bridgehead atoms. The first kappa shape index (κ1) is 21.1. The second-order valence-electron chi connectivity index (χ2n) is 7.37. The number of carbonyl (C=O) groups is 1. The van der Waals surface area contributed by atoms with Gasteiger partial charge in [0.1, 0.15) is 29.5 Å². The van der Waals surface area contributed by atoms with Gasteiger partial charge in [0.2, 0.25) is 0 Å². The molecule has 0 saturated carbocycles. The molecule has 0 radical (unpaired) electrons. The van der Waals surface area contributed by atoms with Crippen LogP contribution in [0, 0.1) is 20.8 Å². The molecule has 0 atom stereocenters. The van der Waals surface area contributed by atoms with E-state index in [-0.39, 0.29) is 6.09 Å². The molecule has 4 heteroatoms. The summed E-state index contributed by atoms with van der Waals surface area (Å²) in [6, 6.07) is 26.1. The second-order valence-corrected chi connectivity index (χ2v) is 10.9. The molecule has 0 unspecified atom stereocenters. The van der Waals surface area contributed by atoms with Crippen LogP contribution in [0.4, 0.5) is 4.79 Å². The summed E-state index contributed by atoms with van der Waals surface area (Å²) >= 11 is 0. The van der Waals surface area contributed by atoms with E-state index in [1.807, 2.05) is 6.92 Å². The van der Waals surface area contributed by atoms with Crippen LogP contribution in [0.5, 0.6) is 0 Å². The number of hydrogen-bond acceptors (Lipinski definition) is 2. The number of alkyl carbamates (subject to hydrolysis) is 1. The van der Waals surface area contributed by atoms with E-state index in [4.69, 9.17) is 4.74 Å². The van der Waals surface area contributed by atoms with E-state index in [2.05, 4.69) is 98.9 Å². The van der Waals surface area contributed by atoms with Gasteiger partial charge in [0.25, 0.3) is 0 Å². The van der Waals surface area contributed by atoms with E-state index in [1.54, 1.807) is 0 Å². The summed E-state index contributed by atoms with van der Waals surface area (Å²) in [5.41, 5.74) is 3.66. The number of rotatable bonds is 6. The zero-order valence-electron chi connectivity index (χ0n) is 17.6. The van der Waals surface area contributed by atoms with Crippen LogP contribution in [0.3, 0.4) is 0 Å². The first-order valence-electron chi connectivity index (χ1n) is 9.96. The lowest BCUT2D eigenvalue weighted by Crippen LogP contribution is -2.40. The largest absolute Gasteiger partial charge is 0.450 e. The molecule has 0 aliphatic heterocycles. The fourth-order valence-corrected chi connectivity index (χ4v) is 7.27. The fourth-order valence-electron chi connectivity index (χ4n) is 3.48. The van der Waals surface area contributed by atoms with Crippen molar-refractivity contribution in [1.82, 2.24) is 5.32 Å². The van der Waals surface area contributed by atoms with Crippen molar-refractivity contribution in [3.63, 3.8) is 0 Å². The molecule has 3 nitrogen and oxygen atoms in total. The Morgan fingerprint density at radius 3 is 1.38 bits per heavy atom. The van der Waals surface area contributed by atoms with Crippen molar-refractivity contribution >= 4 is 29.3 Å². The summed E-state index contributed by atoms with van der Waals surface area (Å²) in [6.07, 6.45) is 0.143. The smallest absolute Gasteiger partial charge is 0.409 e. The average Bonchev–Trinajstić information content (AvgIpc) is 2.72. The van der Waals surface area contributed by atoms with Gasteiger partial charge in [-0.05, 0) is 64.1 Å². The molecular weight excluding hydrogens is 377 g/mol. The number of aryl methyl sites for hydroxylation is 3. The summed E-state index contributed by atoms with van der Waals surface area (Å²) in [4.78, 5) is 12.2. The molecule has 29 heavy (non-hydrogen) atoms. The second kappa shape index (κ2) is 9.24. The predicted molar refractivity (Wildman–Crippen MR) is 124 cm³/mol. The number of carbonyl (C=O) groups excluding carboxylic acids is 1. The van der Waals surface area contributed by atoms with Crippen LogP contribution in [0.2, 0.25) is 0 Å². The highest BCUT2D eigenvalue weighted by atomic mass is 31.2. The van der Waals surface area contributed by atoms with Gasteiger partial charge in [-0.2, -0.15) is 0 Å². The topological polar surface area (TPSA) is 38.3 Å². The van der Waals surface area contributed by atoms with Crippen LogP contribution in [0.25, 0.3) is 0 Å². The maximum absolute atomic E-state index is 12.2.